The molecule has 4 aromatic carbocycles. The molecule has 0 radical (unpaired) electrons. The summed E-state index contributed by atoms with van der Waals surface area (Å²) >= 11 is 12.2. The van der Waals surface area contributed by atoms with E-state index in [-0.39, 0.29) is 91.4 Å². The number of hydrogen-bond acceptors (Lipinski definition) is 21. The molecule has 4 amide bonds. The molecule has 0 aliphatic carbocycles. The molecule has 8 N–H and O–H groups in total. The van der Waals surface area contributed by atoms with Crippen LogP contribution < -0.4 is 40.9 Å². The zero-order valence-electron chi connectivity index (χ0n) is 74.5. The van der Waals surface area contributed by atoms with Gasteiger partial charge in [-0.05, 0) is 201 Å². The molecule has 36 nitrogen and oxygen atoms in total. The molecule has 8 aromatic heterocycles. The maximum Gasteiger partial charge on any atom is 0.275 e. The van der Waals surface area contributed by atoms with Crippen molar-refractivity contribution in [3.63, 3.8) is 0 Å². The van der Waals surface area contributed by atoms with Crippen LogP contribution in [0.2, 0.25) is 10.0 Å². The van der Waals surface area contributed by atoms with Gasteiger partial charge in [0.15, 0.2) is 22.6 Å². The molecular formula is C87H104Cl2FN21O15S4. The highest BCUT2D eigenvalue weighted by Gasteiger charge is 2.38. The monoisotopic (exact) mass is 1900 g/mol. The van der Waals surface area contributed by atoms with Gasteiger partial charge in [0, 0.05) is 108 Å². The topological polar surface area (TPSA) is 459 Å². The number of likely N-dealkylation sites (tertiary alicyclic amines) is 4. The maximum absolute atomic E-state index is 14.2. The van der Waals surface area contributed by atoms with Crippen molar-refractivity contribution in [2.45, 2.75) is 170 Å². The highest BCUT2D eigenvalue weighted by molar-refractivity contribution is 7.92. The van der Waals surface area contributed by atoms with Gasteiger partial charge in [0.05, 0.1) is 122 Å². The van der Waals surface area contributed by atoms with Crippen LogP contribution in [0.3, 0.4) is 0 Å². The zero-order chi connectivity index (χ0) is 94.4. The third-order valence-electron chi connectivity index (χ3n) is 23.6. The minimum Gasteiger partial charge on any atom is -0.373 e. The van der Waals surface area contributed by atoms with Crippen molar-refractivity contribution < 1.29 is 57.2 Å². The number of benzene rings is 4. The van der Waals surface area contributed by atoms with E-state index in [0.29, 0.717) is 117 Å². The van der Waals surface area contributed by atoms with Gasteiger partial charge >= 0.3 is 0 Å². The molecule has 4 aliphatic heterocycles. The van der Waals surface area contributed by atoms with Gasteiger partial charge in [-0.15, -0.1) is 0 Å². The van der Waals surface area contributed by atoms with Crippen molar-refractivity contribution in [3.05, 3.63) is 239 Å². The SMILES string of the molecule is CNc1c(C)c(C)nc2cc([C@@H]3CCCCN3C(=O)c3cc(C)ccc3NS(C)(=O)=O)nn12.Cc1ccc(NS(C)(=O)=O)c(C(=O)N2CCCC[C@H]2c2cc3nc(C)c(C)c(=O)n3[nH]2)c1.Cc1nc2cc([C@@H]3CCCCN3C(=O)c3cc(Cl)ccc3NS(C)(=O)=O)[nH]n2c(=O)c1C.Cc1nc2cc([C@@H]3CCCCN3C(=O)c3cc(F)cc(Cl)c3NS(C)(=O)=O)[nH]n2c(=O)c1C. The van der Waals surface area contributed by atoms with E-state index < -0.39 is 57.9 Å². The average Bonchev–Trinajstić information content (AvgIpc) is 1.61. The van der Waals surface area contributed by atoms with E-state index in [0.717, 1.165) is 147 Å². The first-order valence-corrected chi connectivity index (χ1v) is 50.4. The number of amides is 4. The summed E-state index contributed by atoms with van der Waals surface area (Å²) in [6.45, 7) is 20.2. The second-order valence-electron chi connectivity index (χ2n) is 33.5. The van der Waals surface area contributed by atoms with E-state index in [2.05, 4.69) is 59.4 Å². The van der Waals surface area contributed by atoms with Crippen molar-refractivity contribution in [3.8, 4) is 0 Å². The summed E-state index contributed by atoms with van der Waals surface area (Å²) in [5.74, 6) is -1.26. The first-order chi connectivity index (χ1) is 61.1. The smallest absolute Gasteiger partial charge is 0.275 e. The van der Waals surface area contributed by atoms with Gasteiger partial charge in [-0.25, -0.2) is 71.5 Å². The molecule has 0 spiro atoms. The summed E-state index contributed by atoms with van der Waals surface area (Å²) in [6, 6.07) is 22.6. The lowest BCUT2D eigenvalue weighted by atomic mass is 9.97. The van der Waals surface area contributed by atoms with Crippen LogP contribution in [0.15, 0.2) is 105 Å². The fourth-order valence-corrected chi connectivity index (χ4v) is 19.6. The van der Waals surface area contributed by atoms with Gasteiger partial charge in [0.2, 0.25) is 40.1 Å². The molecular weight excluding hydrogens is 1800 g/mol. The minimum absolute atomic E-state index is 0.161. The van der Waals surface area contributed by atoms with E-state index in [4.69, 9.17) is 28.3 Å². The number of anilines is 5. The van der Waals surface area contributed by atoms with Crippen LogP contribution in [-0.2, 0) is 40.1 Å². The number of aromatic amines is 3. The average molecular weight is 1900 g/mol. The van der Waals surface area contributed by atoms with Gasteiger partial charge in [0.1, 0.15) is 11.6 Å². The van der Waals surface area contributed by atoms with Crippen LogP contribution >= 0.6 is 23.2 Å². The fourth-order valence-electron chi connectivity index (χ4n) is 16.8. The quantitative estimate of drug-likeness (QED) is 0.0420. The Hall–Kier alpha value is -12.1. The first kappa shape index (κ1) is 95.5. The molecule has 16 rings (SSSR count). The third-order valence-corrected chi connectivity index (χ3v) is 26.5. The standard InChI is InChI=1S/C23H30N6O3S.C22H27N5O4S.C21H23ClFN5O4S.C21H24ClN5O4S/c1-14-9-10-18(27-33(5,31)32)17(12-14)23(30)28-11-7-6-8-20(28)19-13-21-25-16(3)15(2)22(24-4)29(21)26-19;1-13-8-9-17(25-32(4,30)31)16(11-13)22(29)26-10-6-5-7-19(26)18-12-20-23-15(3)14(2)21(28)27(20)24-18;1-11-12(2)24-18-10-16(25-28(18)20(11)29)17-6-4-5-7-27(17)21(30)14-8-13(23)9-15(22)19(14)26-33(3,31)32;1-12-13(2)23-19-11-17(24-27(19)20(12)28)18-6-4-5-9-26(18)21(29)15-10-14(22)7-8-16(15)25-32(3,30)31/h9-10,12-13,20,24,27H,6-8,11H2,1-5H3;8-9,11-12,19,24-25H,5-7,10H2,1-4H3;8-10,17,25-26H,4-7H2,1-3H3;7-8,10-11,18,24-25H,4-6,9H2,1-3H3/t20-;19-;17-;18-/m0000/s1. The van der Waals surface area contributed by atoms with Crippen LogP contribution in [0, 0.1) is 75.1 Å². The minimum atomic E-state index is -3.78. The summed E-state index contributed by atoms with van der Waals surface area (Å²) in [7, 11) is -12.6. The second kappa shape index (κ2) is 38.2. The number of piperidine rings is 4. The lowest BCUT2D eigenvalue weighted by Crippen LogP contribution is -2.39. The molecule has 4 fully saturated rings. The summed E-state index contributed by atoms with van der Waals surface area (Å²) in [5.41, 5.74) is 12.9. The van der Waals surface area contributed by atoms with Gasteiger partial charge in [-0.3, -0.25) is 67.7 Å². The number of fused-ring (bicyclic) bond motifs is 4. The number of aryl methyl sites for hydroxylation is 6. The highest BCUT2D eigenvalue weighted by atomic mass is 35.5. The number of carbonyl (C=O) groups is 4. The normalized spacial score (nSPS) is 16.9. The number of carbonyl (C=O) groups excluding carboxylic acids is 4. The number of aromatic nitrogens is 12. The third kappa shape index (κ3) is 21.2. The fraction of sp³-hybridized carbons (Fsp3) is 0.402. The van der Waals surface area contributed by atoms with Crippen molar-refractivity contribution in [1.29, 1.82) is 0 Å². The molecule has 4 aliphatic rings. The Labute approximate surface area is 760 Å². The predicted molar refractivity (Wildman–Crippen MR) is 497 cm³/mol. The van der Waals surface area contributed by atoms with E-state index in [1.54, 1.807) is 104 Å². The molecule has 692 valence electrons. The van der Waals surface area contributed by atoms with Crippen LogP contribution in [0.4, 0.5) is 33.0 Å². The van der Waals surface area contributed by atoms with Crippen LogP contribution in [0.1, 0.15) is 222 Å². The van der Waals surface area contributed by atoms with E-state index in [1.807, 2.05) is 51.8 Å². The number of sulfonamides is 4. The molecule has 0 saturated carbocycles. The lowest BCUT2D eigenvalue weighted by molar-refractivity contribution is 0.0599. The predicted octanol–water partition coefficient (Wildman–Crippen LogP) is 12.3. The molecule has 43 heteroatoms. The van der Waals surface area contributed by atoms with E-state index >= 15 is 0 Å². The van der Waals surface area contributed by atoms with E-state index in [1.165, 1.54) is 36.6 Å². The Morgan fingerprint density at radius 2 is 0.731 bits per heavy atom. The van der Waals surface area contributed by atoms with Crippen molar-refractivity contribution in [2.24, 2.45) is 0 Å². The molecule has 0 unspecified atom stereocenters. The number of nitrogens with zero attached hydrogens (tertiary/aromatic N) is 13. The summed E-state index contributed by atoms with van der Waals surface area (Å²) < 4.78 is 124. The van der Waals surface area contributed by atoms with Gasteiger partial charge in [0.25, 0.3) is 40.3 Å². The molecule has 4 saturated heterocycles. The Balaban J connectivity index is 0.000000148. The number of nitrogens with one attached hydrogen (secondary N) is 8. The Morgan fingerprint density at radius 3 is 1.10 bits per heavy atom. The Kier molecular flexibility index (Phi) is 28.1. The molecule has 12 heterocycles. The van der Waals surface area contributed by atoms with Crippen LogP contribution in [-0.4, -0.2) is 194 Å². The molecule has 130 heavy (non-hydrogen) atoms. The molecule has 0 bridgehead atoms. The lowest BCUT2D eigenvalue weighted by Gasteiger charge is -2.35. The Morgan fingerprint density at radius 1 is 0.400 bits per heavy atom. The first-order valence-electron chi connectivity index (χ1n) is 42.1. The summed E-state index contributed by atoms with van der Waals surface area (Å²) in [6.07, 6.45) is 13.8. The Bertz CT molecular complexity index is 7000. The second-order valence-corrected chi connectivity index (χ2v) is 41.3. The summed E-state index contributed by atoms with van der Waals surface area (Å²) in [5, 5.41) is 17.4. The molecule has 4 atom stereocenters. The van der Waals surface area contributed by atoms with Crippen molar-refractivity contribution in [1.82, 2.24) is 78.0 Å². The number of hydrogen-bond donors (Lipinski definition) is 8. The highest BCUT2D eigenvalue weighted by Crippen LogP contribution is 2.41. The number of halogens is 3. The van der Waals surface area contributed by atoms with Crippen molar-refractivity contribution >= 4 is 138 Å². The number of rotatable bonds is 17. The summed E-state index contributed by atoms with van der Waals surface area (Å²) in [4.78, 5) is 117. The maximum atomic E-state index is 14.2. The van der Waals surface area contributed by atoms with Crippen molar-refractivity contribution in [2.75, 3.05) is 82.5 Å². The van der Waals surface area contributed by atoms with E-state index in [9.17, 15) is 71.6 Å². The number of H-pyrrole nitrogens is 3. The van der Waals surface area contributed by atoms with Gasteiger partial charge in [-0.1, -0.05) is 46.5 Å². The zero-order valence-corrected chi connectivity index (χ0v) is 79.3. The largest absolute Gasteiger partial charge is 0.373 e. The molecule has 12 aromatic rings. The van der Waals surface area contributed by atoms with Crippen LogP contribution in [0.25, 0.3) is 22.6 Å². The van der Waals surface area contributed by atoms with Gasteiger partial charge < -0.3 is 24.9 Å². The van der Waals surface area contributed by atoms with Gasteiger partial charge in [-0.2, -0.15) is 9.61 Å². The van der Waals surface area contributed by atoms with Crippen LogP contribution in [0.5, 0.6) is 0 Å².